The number of anilines is 1. The van der Waals surface area contributed by atoms with Crippen LogP contribution in [-0.2, 0) is 7.05 Å². The number of benzene rings is 1. The van der Waals surface area contributed by atoms with Crippen molar-refractivity contribution in [1.82, 2.24) is 4.57 Å². The first-order chi connectivity index (χ1) is 8.25. The molecule has 0 radical (unpaired) electrons. The van der Waals surface area contributed by atoms with Crippen molar-refractivity contribution in [1.29, 1.82) is 0 Å². The highest BCUT2D eigenvalue weighted by atomic mass is 32.2. The van der Waals surface area contributed by atoms with Gasteiger partial charge in [-0.1, -0.05) is 6.07 Å². The fourth-order valence-corrected chi connectivity index (χ4v) is 5.14. The quantitative estimate of drug-likeness (QED) is 0.853. The molecular formula is C13H16N2S2. The van der Waals surface area contributed by atoms with Gasteiger partial charge in [-0.15, -0.1) is 23.5 Å². The van der Waals surface area contributed by atoms with Crippen LogP contribution in [0.25, 0.3) is 10.9 Å². The Bertz CT molecular complexity index is 542. The largest absolute Gasteiger partial charge is 0.397 e. The van der Waals surface area contributed by atoms with Crippen molar-refractivity contribution in [2.75, 3.05) is 17.2 Å². The van der Waals surface area contributed by atoms with Crippen LogP contribution in [0.15, 0.2) is 24.4 Å². The maximum absolute atomic E-state index is 6.04. The van der Waals surface area contributed by atoms with E-state index >= 15 is 0 Å². The zero-order valence-electron chi connectivity index (χ0n) is 9.85. The molecule has 0 saturated carbocycles. The number of aryl methyl sites for hydroxylation is 1. The third-order valence-corrected chi connectivity index (χ3v) is 6.16. The van der Waals surface area contributed by atoms with Gasteiger partial charge < -0.3 is 10.3 Å². The Morgan fingerprint density at radius 1 is 1.29 bits per heavy atom. The third-order valence-electron chi connectivity index (χ3n) is 3.14. The summed E-state index contributed by atoms with van der Waals surface area (Å²) in [5.41, 5.74) is 9.55. The maximum atomic E-state index is 6.04. The van der Waals surface area contributed by atoms with Crippen molar-refractivity contribution in [2.45, 2.75) is 11.0 Å². The van der Waals surface area contributed by atoms with E-state index in [-0.39, 0.29) is 0 Å². The van der Waals surface area contributed by atoms with Gasteiger partial charge >= 0.3 is 0 Å². The van der Waals surface area contributed by atoms with E-state index < -0.39 is 0 Å². The second-order valence-corrected chi connectivity index (χ2v) is 7.12. The van der Waals surface area contributed by atoms with Gasteiger partial charge in [0.05, 0.1) is 10.3 Å². The molecule has 0 unspecified atom stereocenters. The lowest BCUT2D eigenvalue weighted by Gasteiger charge is -2.21. The minimum Gasteiger partial charge on any atom is -0.397 e. The van der Waals surface area contributed by atoms with Crippen LogP contribution in [0.4, 0.5) is 5.69 Å². The number of fused-ring (bicyclic) bond motifs is 1. The Balaban J connectivity index is 2.03. The second-order valence-electron chi connectivity index (χ2n) is 4.40. The molecule has 4 heteroatoms. The third kappa shape index (κ3) is 2.04. The molecule has 1 saturated heterocycles. The van der Waals surface area contributed by atoms with E-state index in [2.05, 4.69) is 46.3 Å². The Morgan fingerprint density at radius 3 is 2.82 bits per heavy atom. The molecule has 2 N–H and O–H groups in total. The van der Waals surface area contributed by atoms with Gasteiger partial charge in [-0.05, 0) is 35.6 Å². The molecule has 0 bridgehead atoms. The van der Waals surface area contributed by atoms with Crippen LogP contribution in [0.2, 0.25) is 0 Å². The SMILES string of the molecule is Cn1cc(N)c2cc(C3SCCCS3)ccc21. The van der Waals surface area contributed by atoms with Gasteiger partial charge in [0.2, 0.25) is 0 Å². The van der Waals surface area contributed by atoms with Gasteiger partial charge in [-0.3, -0.25) is 0 Å². The average Bonchev–Trinajstić information content (AvgIpc) is 2.66. The fraction of sp³-hybridized carbons (Fsp3) is 0.385. The summed E-state index contributed by atoms with van der Waals surface area (Å²) < 4.78 is 2.68. The molecule has 2 nitrogen and oxygen atoms in total. The van der Waals surface area contributed by atoms with Crippen molar-refractivity contribution in [3.63, 3.8) is 0 Å². The molecule has 90 valence electrons. The van der Waals surface area contributed by atoms with E-state index in [1.54, 1.807) is 0 Å². The van der Waals surface area contributed by atoms with E-state index in [1.165, 1.54) is 34.4 Å². The van der Waals surface area contributed by atoms with Crippen LogP contribution >= 0.6 is 23.5 Å². The van der Waals surface area contributed by atoms with E-state index in [4.69, 9.17) is 5.73 Å². The predicted molar refractivity (Wildman–Crippen MR) is 79.6 cm³/mol. The molecule has 0 spiro atoms. The fourth-order valence-electron chi connectivity index (χ4n) is 2.27. The van der Waals surface area contributed by atoms with Crippen LogP contribution in [0.3, 0.4) is 0 Å². The van der Waals surface area contributed by atoms with Gasteiger partial charge in [0.1, 0.15) is 0 Å². The first kappa shape index (κ1) is 11.4. The predicted octanol–water partition coefficient (Wildman–Crippen LogP) is 3.63. The molecule has 0 aliphatic carbocycles. The van der Waals surface area contributed by atoms with Gasteiger partial charge in [-0.25, -0.2) is 0 Å². The van der Waals surface area contributed by atoms with Crippen LogP contribution in [0.5, 0.6) is 0 Å². The molecular weight excluding hydrogens is 248 g/mol. The number of aromatic nitrogens is 1. The summed E-state index contributed by atoms with van der Waals surface area (Å²) in [6.07, 6.45) is 3.33. The first-order valence-corrected chi connectivity index (χ1v) is 7.93. The Morgan fingerprint density at radius 2 is 2.06 bits per heavy atom. The zero-order valence-corrected chi connectivity index (χ0v) is 11.5. The van der Waals surface area contributed by atoms with Crippen molar-refractivity contribution >= 4 is 40.1 Å². The molecule has 17 heavy (non-hydrogen) atoms. The van der Waals surface area contributed by atoms with E-state index in [0.717, 1.165) is 5.69 Å². The number of rotatable bonds is 1. The van der Waals surface area contributed by atoms with Crippen LogP contribution in [0, 0.1) is 0 Å². The van der Waals surface area contributed by atoms with Gasteiger partial charge in [-0.2, -0.15) is 0 Å². The summed E-state index contributed by atoms with van der Waals surface area (Å²) in [7, 11) is 2.04. The second kappa shape index (κ2) is 4.50. The summed E-state index contributed by atoms with van der Waals surface area (Å²) in [5, 5.41) is 1.19. The molecule has 1 aliphatic heterocycles. The lowest BCUT2D eigenvalue weighted by molar-refractivity contribution is 0.970. The van der Waals surface area contributed by atoms with Crippen molar-refractivity contribution < 1.29 is 0 Å². The molecule has 0 amide bonds. The molecule has 3 rings (SSSR count). The van der Waals surface area contributed by atoms with Crippen molar-refractivity contribution in [3.05, 3.63) is 30.0 Å². The Labute approximate surface area is 110 Å². The minimum atomic E-state index is 0.591. The van der Waals surface area contributed by atoms with Gasteiger partial charge in [0.25, 0.3) is 0 Å². The highest BCUT2D eigenvalue weighted by Crippen LogP contribution is 2.44. The number of thioether (sulfide) groups is 2. The summed E-state index contributed by atoms with van der Waals surface area (Å²) in [6, 6.07) is 6.70. The first-order valence-electron chi connectivity index (χ1n) is 5.83. The van der Waals surface area contributed by atoms with Gasteiger partial charge in [0, 0.05) is 24.1 Å². The number of hydrogen-bond donors (Lipinski definition) is 1. The monoisotopic (exact) mass is 264 g/mol. The highest BCUT2D eigenvalue weighted by Gasteiger charge is 2.17. The number of nitrogens with zero attached hydrogens (tertiary/aromatic N) is 1. The van der Waals surface area contributed by atoms with E-state index in [9.17, 15) is 0 Å². The smallest absolute Gasteiger partial charge is 0.0751 e. The topological polar surface area (TPSA) is 30.9 Å². The van der Waals surface area contributed by atoms with Crippen LogP contribution in [0.1, 0.15) is 16.6 Å². The molecule has 2 aromatic rings. The Hall–Kier alpha value is -0.740. The summed E-state index contributed by atoms with van der Waals surface area (Å²) >= 11 is 4.11. The van der Waals surface area contributed by atoms with Crippen molar-refractivity contribution in [3.8, 4) is 0 Å². The molecule has 2 heterocycles. The summed E-state index contributed by atoms with van der Waals surface area (Å²) in [6.45, 7) is 0. The van der Waals surface area contributed by atoms with E-state index in [1.807, 2.05) is 13.2 Å². The maximum Gasteiger partial charge on any atom is 0.0751 e. The number of nitrogens with two attached hydrogens (primary N) is 1. The molecule has 1 fully saturated rings. The molecule has 1 aromatic carbocycles. The standard InChI is InChI=1S/C13H16N2S2/c1-15-8-11(14)10-7-9(3-4-12(10)15)13-16-5-2-6-17-13/h3-4,7-8,13H,2,5-6,14H2,1H3. The Kier molecular flexibility index (Phi) is 3.01. The van der Waals surface area contributed by atoms with E-state index in [0.29, 0.717) is 4.58 Å². The minimum absolute atomic E-state index is 0.591. The highest BCUT2D eigenvalue weighted by molar-refractivity contribution is 8.16. The molecule has 1 aromatic heterocycles. The lowest BCUT2D eigenvalue weighted by atomic mass is 10.1. The van der Waals surface area contributed by atoms with Gasteiger partial charge in [0.15, 0.2) is 0 Å². The van der Waals surface area contributed by atoms with Crippen LogP contribution in [-0.4, -0.2) is 16.1 Å². The summed E-state index contributed by atoms with van der Waals surface area (Å²) in [4.78, 5) is 0. The van der Waals surface area contributed by atoms with Crippen LogP contribution < -0.4 is 5.73 Å². The summed E-state index contributed by atoms with van der Waals surface area (Å²) in [5.74, 6) is 2.56. The van der Waals surface area contributed by atoms with Crippen molar-refractivity contribution in [2.24, 2.45) is 7.05 Å². The zero-order chi connectivity index (χ0) is 11.8. The lowest BCUT2D eigenvalue weighted by Crippen LogP contribution is -2.00. The number of nitrogen functional groups attached to an aromatic ring is 1. The number of hydrogen-bond acceptors (Lipinski definition) is 3. The average molecular weight is 264 g/mol. The normalized spacial score (nSPS) is 17.7. The molecule has 1 aliphatic rings. The molecule has 0 atom stereocenters.